The van der Waals surface area contributed by atoms with Gasteiger partial charge in [0.25, 0.3) is 5.91 Å². The molecule has 9 heteroatoms. The third-order valence-corrected chi connectivity index (χ3v) is 3.46. The Morgan fingerprint density at radius 1 is 1.30 bits per heavy atom. The van der Waals surface area contributed by atoms with Gasteiger partial charge in [0.05, 0.1) is 9.92 Å². The number of amides is 1. The molecule has 4 N–H and O–H groups in total. The topological polar surface area (TPSA) is 105 Å². The fourth-order valence-corrected chi connectivity index (χ4v) is 2.23. The Balaban J connectivity index is 2.30. The van der Waals surface area contributed by atoms with Crippen molar-refractivity contribution < 1.29 is 17.6 Å². The van der Waals surface area contributed by atoms with Crippen molar-refractivity contribution in [3.63, 3.8) is 0 Å². The van der Waals surface area contributed by atoms with Gasteiger partial charge in [0, 0.05) is 11.9 Å². The van der Waals surface area contributed by atoms with Crippen molar-refractivity contribution in [2.24, 2.45) is 5.14 Å². The fraction of sp³-hybridized carbons (Fsp3) is 0. The van der Waals surface area contributed by atoms with E-state index in [2.05, 4.69) is 10.3 Å². The molecule has 6 nitrogen and oxygen atoms in total. The van der Waals surface area contributed by atoms with Gasteiger partial charge in [-0.05, 0) is 24.3 Å². The summed E-state index contributed by atoms with van der Waals surface area (Å²) in [6, 6.07) is 4.16. The highest BCUT2D eigenvalue weighted by Crippen LogP contribution is 2.18. The Labute approximate surface area is 118 Å². The van der Waals surface area contributed by atoms with Crippen molar-refractivity contribution in [3.8, 4) is 0 Å². The Kier molecular flexibility index (Phi) is 3.80. The molecule has 0 atom stereocenters. The van der Waals surface area contributed by atoms with E-state index < -0.39 is 26.6 Å². The van der Waals surface area contributed by atoms with E-state index in [1.165, 1.54) is 12.3 Å². The number of nitrogens with one attached hydrogen (secondary N) is 2. The van der Waals surface area contributed by atoms with Crippen LogP contribution in [0.25, 0.3) is 0 Å². The van der Waals surface area contributed by atoms with Crippen LogP contribution < -0.4 is 10.5 Å². The fourth-order valence-electron chi connectivity index (χ4n) is 1.50. The number of primary sulfonamides is 1. The molecule has 0 saturated carbocycles. The van der Waals surface area contributed by atoms with Crippen molar-refractivity contribution in [2.45, 2.75) is 4.90 Å². The normalized spacial score (nSPS) is 11.3. The van der Waals surface area contributed by atoms with E-state index in [-0.39, 0.29) is 11.4 Å². The maximum atomic E-state index is 13.3. The lowest BCUT2D eigenvalue weighted by atomic mass is 10.3. The van der Waals surface area contributed by atoms with E-state index in [9.17, 15) is 17.6 Å². The molecule has 2 rings (SSSR count). The second kappa shape index (κ2) is 5.23. The van der Waals surface area contributed by atoms with Crippen LogP contribution in [0.1, 0.15) is 10.5 Å². The molecule has 0 aliphatic heterocycles. The van der Waals surface area contributed by atoms with Crippen LogP contribution in [0, 0.1) is 5.82 Å². The molecule has 0 aliphatic carbocycles. The summed E-state index contributed by atoms with van der Waals surface area (Å²) in [5.41, 5.74) is 0.112. The SMILES string of the molecule is NS(=O)(=O)c1cc(F)cc(NC(=O)c2cc(Cl)c[nH]2)c1. The molecular formula is C11H9ClFN3O3S. The zero-order valence-corrected chi connectivity index (χ0v) is 11.4. The first-order valence-electron chi connectivity index (χ1n) is 5.24. The summed E-state index contributed by atoms with van der Waals surface area (Å²) in [5, 5.41) is 7.58. The number of hydrogen-bond acceptors (Lipinski definition) is 3. The van der Waals surface area contributed by atoms with Gasteiger partial charge in [-0.2, -0.15) is 0 Å². The molecule has 0 radical (unpaired) electrons. The van der Waals surface area contributed by atoms with Gasteiger partial charge in [0.2, 0.25) is 10.0 Å². The molecule has 1 aromatic carbocycles. The minimum absolute atomic E-state index is 0.0373. The third-order valence-electron chi connectivity index (χ3n) is 2.35. The van der Waals surface area contributed by atoms with E-state index in [1.807, 2.05) is 0 Å². The predicted octanol–water partition coefficient (Wildman–Crippen LogP) is 1.71. The molecule has 106 valence electrons. The maximum absolute atomic E-state index is 13.3. The third kappa shape index (κ3) is 3.35. The zero-order valence-electron chi connectivity index (χ0n) is 9.85. The van der Waals surface area contributed by atoms with E-state index in [0.29, 0.717) is 5.02 Å². The Bertz CT molecular complexity index is 773. The molecule has 0 unspecified atom stereocenters. The van der Waals surface area contributed by atoms with Crippen molar-refractivity contribution >= 4 is 33.2 Å². The number of halogens is 2. The van der Waals surface area contributed by atoms with E-state index in [4.69, 9.17) is 16.7 Å². The van der Waals surface area contributed by atoms with Crippen LogP contribution in [-0.2, 0) is 10.0 Å². The molecule has 1 amide bonds. The lowest BCUT2D eigenvalue weighted by Crippen LogP contribution is -2.15. The van der Waals surface area contributed by atoms with Crippen molar-refractivity contribution in [1.29, 1.82) is 0 Å². The Hall–Kier alpha value is -1.90. The van der Waals surface area contributed by atoms with Gasteiger partial charge < -0.3 is 10.3 Å². The predicted molar refractivity (Wildman–Crippen MR) is 71.5 cm³/mol. The Morgan fingerprint density at radius 3 is 2.55 bits per heavy atom. The van der Waals surface area contributed by atoms with Crippen molar-refractivity contribution in [3.05, 3.63) is 47.0 Å². The van der Waals surface area contributed by atoms with Crippen LogP contribution in [-0.4, -0.2) is 19.3 Å². The molecular weight excluding hydrogens is 309 g/mol. The summed E-state index contributed by atoms with van der Waals surface area (Å²) in [6.45, 7) is 0. The highest BCUT2D eigenvalue weighted by atomic mass is 35.5. The first kappa shape index (κ1) is 14.5. The summed E-state index contributed by atoms with van der Waals surface area (Å²) in [7, 11) is -4.06. The largest absolute Gasteiger partial charge is 0.356 e. The van der Waals surface area contributed by atoms with Gasteiger partial charge in [-0.1, -0.05) is 11.6 Å². The van der Waals surface area contributed by atoms with Crippen LogP contribution in [0.4, 0.5) is 10.1 Å². The van der Waals surface area contributed by atoms with Crippen LogP contribution >= 0.6 is 11.6 Å². The number of carbonyl (C=O) groups excluding carboxylic acids is 1. The summed E-state index contributed by atoms with van der Waals surface area (Å²) < 4.78 is 35.7. The second-order valence-corrected chi connectivity index (χ2v) is 5.90. The minimum atomic E-state index is -4.06. The summed E-state index contributed by atoms with van der Waals surface area (Å²) >= 11 is 5.65. The second-order valence-electron chi connectivity index (χ2n) is 3.91. The molecule has 0 fully saturated rings. The lowest BCUT2D eigenvalue weighted by Gasteiger charge is -2.06. The molecule has 20 heavy (non-hydrogen) atoms. The Morgan fingerprint density at radius 2 is 2.00 bits per heavy atom. The first-order valence-corrected chi connectivity index (χ1v) is 7.17. The number of rotatable bonds is 3. The van der Waals surface area contributed by atoms with Crippen molar-refractivity contribution in [1.82, 2.24) is 4.98 Å². The summed E-state index contributed by atoms with van der Waals surface area (Å²) in [4.78, 5) is 14.0. The van der Waals surface area contributed by atoms with Crippen LogP contribution in [0.3, 0.4) is 0 Å². The highest BCUT2D eigenvalue weighted by Gasteiger charge is 2.14. The number of aromatic nitrogens is 1. The van der Waals surface area contributed by atoms with Crippen LogP contribution in [0.15, 0.2) is 35.4 Å². The molecule has 0 bridgehead atoms. The number of aromatic amines is 1. The quantitative estimate of drug-likeness (QED) is 0.802. The smallest absolute Gasteiger partial charge is 0.272 e. The minimum Gasteiger partial charge on any atom is -0.356 e. The van der Waals surface area contributed by atoms with E-state index in [0.717, 1.165) is 18.2 Å². The highest BCUT2D eigenvalue weighted by molar-refractivity contribution is 7.89. The number of nitrogens with two attached hydrogens (primary N) is 1. The van der Waals surface area contributed by atoms with Gasteiger partial charge in [-0.3, -0.25) is 4.79 Å². The molecule has 0 saturated heterocycles. The number of sulfonamides is 1. The average Bonchev–Trinajstić information content (AvgIpc) is 2.74. The summed E-state index contributed by atoms with van der Waals surface area (Å²) in [6.07, 6.45) is 1.40. The van der Waals surface area contributed by atoms with Crippen LogP contribution in [0.2, 0.25) is 5.02 Å². The molecule has 1 aromatic heterocycles. The summed E-state index contributed by atoms with van der Waals surface area (Å²) in [5.74, 6) is -1.43. The molecule has 0 spiro atoms. The van der Waals surface area contributed by atoms with Gasteiger partial charge in [0.15, 0.2) is 0 Å². The lowest BCUT2D eigenvalue weighted by molar-refractivity contribution is 0.102. The number of H-pyrrole nitrogens is 1. The average molecular weight is 318 g/mol. The number of anilines is 1. The maximum Gasteiger partial charge on any atom is 0.272 e. The van der Waals surface area contributed by atoms with Gasteiger partial charge >= 0.3 is 0 Å². The molecule has 2 aromatic rings. The number of hydrogen-bond donors (Lipinski definition) is 3. The number of carbonyl (C=O) groups is 1. The standard InChI is InChI=1S/C11H9ClFN3O3S/c12-6-1-10(15-5-6)11(17)16-8-2-7(13)3-9(4-8)20(14,18)19/h1-5,15H,(H,16,17)(H2,14,18,19). The zero-order chi connectivity index (χ0) is 14.9. The van der Waals surface area contributed by atoms with Crippen LogP contribution in [0.5, 0.6) is 0 Å². The van der Waals surface area contributed by atoms with Gasteiger partial charge in [0.1, 0.15) is 11.5 Å². The number of benzene rings is 1. The van der Waals surface area contributed by atoms with Gasteiger partial charge in [-0.25, -0.2) is 17.9 Å². The molecule has 1 heterocycles. The van der Waals surface area contributed by atoms with Crippen molar-refractivity contribution in [2.75, 3.05) is 5.32 Å². The van der Waals surface area contributed by atoms with Gasteiger partial charge in [-0.15, -0.1) is 0 Å². The first-order chi connectivity index (χ1) is 9.25. The van der Waals surface area contributed by atoms with E-state index >= 15 is 0 Å². The monoisotopic (exact) mass is 317 g/mol. The molecule has 0 aliphatic rings. The van der Waals surface area contributed by atoms with E-state index in [1.54, 1.807) is 0 Å².